The van der Waals surface area contributed by atoms with Crippen LogP contribution in [0.15, 0.2) is 18.2 Å². The summed E-state index contributed by atoms with van der Waals surface area (Å²) in [6.07, 6.45) is 0.584. The summed E-state index contributed by atoms with van der Waals surface area (Å²) in [5, 5.41) is 0.616. The molecule has 1 aromatic carbocycles. The number of halogens is 1. The van der Waals surface area contributed by atoms with Crippen molar-refractivity contribution in [3.8, 4) is 5.75 Å². The van der Waals surface area contributed by atoms with E-state index in [4.69, 9.17) is 16.3 Å². The first kappa shape index (κ1) is 14.0. The van der Waals surface area contributed by atoms with Gasteiger partial charge in [-0.1, -0.05) is 17.7 Å². The van der Waals surface area contributed by atoms with Crippen molar-refractivity contribution in [2.24, 2.45) is 0 Å². The average Bonchev–Trinajstić information content (AvgIpc) is 2.26. The number of hydrogen-bond donors (Lipinski definition) is 0. The van der Waals surface area contributed by atoms with E-state index in [2.05, 4.69) is 4.90 Å². The van der Waals surface area contributed by atoms with Crippen LogP contribution >= 0.6 is 11.6 Å². The van der Waals surface area contributed by atoms with Gasteiger partial charge in [-0.2, -0.15) is 0 Å². The number of benzene rings is 1. The van der Waals surface area contributed by atoms with Gasteiger partial charge in [-0.25, -0.2) is 0 Å². The molecule has 0 aromatic heterocycles. The minimum absolute atomic E-state index is 0.213. The molecule has 0 atom stereocenters. The zero-order chi connectivity index (χ0) is 12.8. The molecule has 1 rings (SSSR count). The number of hydrogen-bond acceptors (Lipinski definition) is 3. The number of carbonyl (C=O) groups is 1. The zero-order valence-corrected chi connectivity index (χ0v) is 11.3. The normalized spacial score (nSPS) is 10.6. The molecule has 0 spiro atoms. The Morgan fingerprint density at radius 3 is 2.71 bits per heavy atom. The van der Waals surface area contributed by atoms with Gasteiger partial charge in [0.25, 0.3) is 0 Å². The van der Waals surface area contributed by atoms with E-state index in [-0.39, 0.29) is 5.78 Å². The Morgan fingerprint density at radius 2 is 2.18 bits per heavy atom. The van der Waals surface area contributed by atoms with E-state index in [1.54, 1.807) is 14.0 Å². The molecule has 0 saturated heterocycles. The third-order valence-electron chi connectivity index (χ3n) is 2.51. The van der Waals surface area contributed by atoms with Gasteiger partial charge in [0.1, 0.15) is 11.5 Å². The summed E-state index contributed by atoms with van der Waals surface area (Å²) in [7, 11) is 3.58. The van der Waals surface area contributed by atoms with E-state index in [1.165, 1.54) is 0 Å². The molecule has 3 nitrogen and oxygen atoms in total. The summed E-state index contributed by atoms with van der Waals surface area (Å²) in [6.45, 7) is 3.15. The summed E-state index contributed by atoms with van der Waals surface area (Å²) >= 11 is 6.04. The average molecular weight is 256 g/mol. The quantitative estimate of drug-likeness (QED) is 0.783. The molecular weight excluding hydrogens is 238 g/mol. The molecule has 0 aliphatic rings. The third-order valence-corrected chi connectivity index (χ3v) is 2.81. The standard InChI is InChI=1S/C13H18ClNO2/c1-10(16)6-7-15(2)9-11-4-5-13(17-3)12(14)8-11/h4-5,8H,6-7,9H2,1-3H3. The molecule has 0 unspecified atom stereocenters. The first-order chi connectivity index (χ1) is 8.02. The predicted octanol–water partition coefficient (Wildman–Crippen LogP) is 2.76. The van der Waals surface area contributed by atoms with Crippen molar-refractivity contribution in [2.75, 3.05) is 20.7 Å². The first-order valence-electron chi connectivity index (χ1n) is 5.53. The van der Waals surface area contributed by atoms with E-state index < -0.39 is 0 Å². The van der Waals surface area contributed by atoms with Crippen LogP contribution in [0, 0.1) is 0 Å². The highest BCUT2D eigenvalue weighted by Crippen LogP contribution is 2.25. The number of Topliss-reactive ketones (excluding diaryl/α,β-unsaturated/α-hetero) is 1. The molecule has 0 bridgehead atoms. The maximum atomic E-state index is 10.9. The van der Waals surface area contributed by atoms with Crippen molar-refractivity contribution in [2.45, 2.75) is 19.9 Å². The highest BCUT2D eigenvalue weighted by atomic mass is 35.5. The van der Waals surface area contributed by atoms with Crippen LogP contribution < -0.4 is 4.74 Å². The fourth-order valence-corrected chi connectivity index (χ4v) is 1.83. The molecule has 4 heteroatoms. The van der Waals surface area contributed by atoms with Gasteiger partial charge < -0.3 is 9.64 Å². The second kappa shape index (κ2) is 6.62. The van der Waals surface area contributed by atoms with Crippen LogP contribution in [0.5, 0.6) is 5.75 Å². The predicted molar refractivity (Wildman–Crippen MR) is 69.6 cm³/mol. The number of carbonyl (C=O) groups excluding carboxylic acids is 1. The Morgan fingerprint density at radius 1 is 1.47 bits per heavy atom. The zero-order valence-electron chi connectivity index (χ0n) is 10.5. The van der Waals surface area contributed by atoms with Gasteiger partial charge in [-0.15, -0.1) is 0 Å². The number of methoxy groups -OCH3 is 1. The van der Waals surface area contributed by atoms with Crippen LogP contribution in [0.25, 0.3) is 0 Å². The largest absolute Gasteiger partial charge is 0.495 e. The summed E-state index contributed by atoms with van der Waals surface area (Å²) in [4.78, 5) is 13.0. The van der Waals surface area contributed by atoms with Gasteiger partial charge in [0, 0.05) is 19.5 Å². The van der Waals surface area contributed by atoms with Gasteiger partial charge >= 0.3 is 0 Å². The lowest BCUT2D eigenvalue weighted by Gasteiger charge is -2.16. The van der Waals surface area contributed by atoms with Crippen molar-refractivity contribution < 1.29 is 9.53 Å². The second-order valence-corrected chi connectivity index (χ2v) is 4.57. The lowest BCUT2D eigenvalue weighted by Crippen LogP contribution is -2.20. The molecule has 0 radical (unpaired) electrons. The maximum Gasteiger partial charge on any atom is 0.137 e. The Balaban J connectivity index is 2.56. The fourth-order valence-electron chi connectivity index (χ4n) is 1.55. The molecule has 0 aliphatic carbocycles. The molecule has 0 saturated carbocycles. The van der Waals surface area contributed by atoms with Crippen LogP contribution in [-0.4, -0.2) is 31.4 Å². The molecule has 0 fully saturated rings. The number of ether oxygens (including phenoxy) is 1. The van der Waals surface area contributed by atoms with Gasteiger partial charge in [0.2, 0.25) is 0 Å². The van der Waals surface area contributed by atoms with E-state index in [9.17, 15) is 4.79 Å². The lowest BCUT2D eigenvalue weighted by atomic mass is 10.2. The molecule has 0 heterocycles. The smallest absolute Gasteiger partial charge is 0.137 e. The van der Waals surface area contributed by atoms with Crippen LogP contribution in [-0.2, 0) is 11.3 Å². The molecule has 0 N–H and O–H groups in total. The van der Waals surface area contributed by atoms with Crippen LogP contribution in [0.3, 0.4) is 0 Å². The van der Waals surface area contributed by atoms with E-state index in [0.29, 0.717) is 17.2 Å². The van der Waals surface area contributed by atoms with Crippen molar-refractivity contribution in [3.63, 3.8) is 0 Å². The summed E-state index contributed by atoms with van der Waals surface area (Å²) in [6, 6.07) is 5.73. The summed E-state index contributed by atoms with van der Waals surface area (Å²) in [5.74, 6) is 0.895. The highest BCUT2D eigenvalue weighted by Gasteiger charge is 2.05. The van der Waals surface area contributed by atoms with Gasteiger partial charge in [0.15, 0.2) is 0 Å². The van der Waals surface area contributed by atoms with Crippen molar-refractivity contribution in [1.29, 1.82) is 0 Å². The molecule has 0 amide bonds. The van der Waals surface area contributed by atoms with Crippen LogP contribution in [0.1, 0.15) is 18.9 Å². The van der Waals surface area contributed by atoms with Gasteiger partial charge in [-0.05, 0) is 31.7 Å². The first-order valence-corrected chi connectivity index (χ1v) is 5.91. The molecule has 94 valence electrons. The minimum atomic E-state index is 0.213. The molecule has 0 aliphatic heterocycles. The molecule has 1 aromatic rings. The number of ketones is 1. The molecule has 17 heavy (non-hydrogen) atoms. The molecular formula is C13H18ClNO2. The van der Waals surface area contributed by atoms with Crippen LogP contribution in [0.2, 0.25) is 5.02 Å². The monoisotopic (exact) mass is 255 g/mol. The lowest BCUT2D eigenvalue weighted by molar-refractivity contribution is -0.117. The Kier molecular flexibility index (Phi) is 5.45. The number of rotatable bonds is 6. The van der Waals surface area contributed by atoms with Gasteiger partial charge in [0.05, 0.1) is 12.1 Å². The van der Waals surface area contributed by atoms with Crippen LogP contribution in [0.4, 0.5) is 0 Å². The van der Waals surface area contributed by atoms with Gasteiger partial charge in [-0.3, -0.25) is 4.79 Å². The third kappa shape index (κ3) is 4.75. The topological polar surface area (TPSA) is 29.5 Å². The van der Waals surface area contributed by atoms with E-state index in [1.807, 2.05) is 25.2 Å². The summed E-state index contributed by atoms with van der Waals surface area (Å²) in [5.41, 5.74) is 1.11. The number of nitrogens with zero attached hydrogens (tertiary/aromatic N) is 1. The highest BCUT2D eigenvalue weighted by molar-refractivity contribution is 6.32. The maximum absolute atomic E-state index is 10.9. The Hall–Kier alpha value is -1.06. The summed E-state index contributed by atoms with van der Waals surface area (Å²) < 4.78 is 5.09. The minimum Gasteiger partial charge on any atom is -0.495 e. The van der Waals surface area contributed by atoms with E-state index in [0.717, 1.165) is 18.7 Å². The van der Waals surface area contributed by atoms with Crippen molar-refractivity contribution in [1.82, 2.24) is 4.90 Å². The SMILES string of the molecule is COc1ccc(CN(C)CCC(C)=O)cc1Cl. The van der Waals surface area contributed by atoms with Crippen molar-refractivity contribution >= 4 is 17.4 Å². The van der Waals surface area contributed by atoms with Crippen molar-refractivity contribution in [3.05, 3.63) is 28.8 Å². The Labute approximate surface area is 107 Å². The van der Waals surface area contributed by atoms with E-state index >= 15 is 0 Å². The Bertz CT molecular complexity index is 393. The fraction of sp³-hybridized carbons (Fsp3) is 0.462. The second-order valence-electron chi connectivity index (χ2n) is 4.16.